The minimum absolute atomic E-state index is 0.0270. The molecule has 4 heteroatoms. The topological polar surface area (TPSA) is 32.3 Å². The number of carbonyl (C=O) groups excluding carboxylic acids is 1. The predicted octanol–water partition coefficient (Wildman–Crippen LogP) is 3.91. The number of amides is 1. The van der Waals surface area contributed by atoms with Gasteiger partial charge in [0.05, 0.1) is 0 Å². The van der Waals surface area contributed by atoms with Crippen molar-refractivity contribution in [2.24, 2.45) is 0 Å². The Kier molecular flexibility index (Phi) is 4.79. The average Bonchev–Trinajstić information content (AvgIpc) is 2.49. The maximum absolute atomic E-state index is 12.4. The standard InChI is InChI=1S/C16H17BrN2O/c1-12(18-14-10-8-13(17)9-11-14)16(20)19(2)15-6-4-3-5-7-15/h3-12,18H,1-2H3/t12-/m0/s1. The molecule has 3 nitrogen and oxygen atoms in total. The molecule has 0 aliphatic rings. The van der Waals surface area contributed by atoms with Crippen LogP contribution in [-0.2, 0) is 4.79 Å². The normalized spacial score (nSPS) is 11.8. The van der Waals surface area contributed by atoms with E-state index in [0.29, 0.717) is 0 Å². The number of nitrogens with zero attached hydrogens (tertiary/aromatic N) is 1. The lowest BCUT2D eigenvalue weighted by atomic mass is 10.2. The predicted molar refractivity (Wildman–Crippen MR) is 87.1 cm³/mol. The molecule has 2 aromatic carbocycles. The van der Waals surface area contributed by atoms with Crippen LogP contribution in [0.5, 0.6) is 0 Å². The molecule has 1 atom stereocenters. The first-order valence-corrected chi connectivity index (χ1v) is 7.22. The van der Waals surface area contributed by atoms with Gasteiger partial charge in [0.15, 0.2) is 0 Å². The van der Waals surface area contributed by atoms with E-state index in [0.717, 1.165) is 15.8 Å². The zero-order valence-corrected chi connectivity index (χ0v) is 13.1. The molecule has 1 amide bonds. The summed E-state index contributed by atoms with van der Waals surface area (Å²) < 4.78 is 1.02. The molecular formula is C16H17BrN2O. The molecule has 0 radical (unpaired) electrons. The maximum atomic E-state index is 12.4. The lowest BCUT2D eigenvalue weighted by molar-refractivity contribution is -0.118. The molecule has 0 aliphatic carbocycles. The number of likely N-dealkylation sites (N-methyl/N-ethyl adjacent to an activating group) is 1. The van der Waals surface area contributed by atoms with E-state index in [4.69, 9.17) is 0 Å². The summed E-state index contributed by atoms with van der Waals surface area (Å²) in [6, 6.07) is 17.1. The van der Waals surface area contributed by atoms with Crippen molar-refractivity contribution < 1.29 is 4.79 Å². The number of nitrogens with one attached hydrogen (secondary N) is 1. The van der Waals surface area contributed by atoms with Crippen LogP contribution < -0.4 is 10.2 Å². The molecule has 0 saturated carbocycles. The smallest absolute Gasteiger partial charge is 0.248 e. The van der Waals surface area contributed by atoms with E-state index in [-0.39, 0.29) is 11.9 Å². The summed E-state index contributed by atoms with van der Waals surface area (Å²) >= 11 is 3.39. The van der Waals surface area contributed by atoms with Crippen LogP contribution in [0.4, 0.5) is 11.4 Å². The summed E-state index contributed by atoms with van der Waals surface area (Å²) in [6.07, 6.45) is 0. The number of rotatable bonds is 4. The largest absolute Gasteiger partial charge is 0.374 e. The van der Waals surface area contributed by atoms with Gasteiger partial charge >= 0.3 is 0 Å². The van der Waals surface area contributed by atoms with Crippen molar-refractivity contribution in [1.29, 1.82) is 0 Å². The highest BCUT2D eigenvalue weighted by atomic mass is 79.9. The fraction of sp³-hybridized carbons (Fsp3) is 0.188. The number of benzene rings is 2. The van der Waals surface area contributed by atoms with Gasteiger partial charge in [-0.2, -0.15) is 0 Å². The summed E-state index contributed by atoms with van der Waals surface area (Å²) in [7, 11) is 1.79. The molecule has 2 rings (SSSR count). The first-order valence-electron chi connectivity index (χ1n) is 6.42. The van der Waals surface area contributed by atoms with Crippen LogP contribution in [0, 0.1) is 0 Å². The van der Waals surface area contributed by atoms with Crippen LogP contribution >= 0.6 is 15.9 Å². The molecular weight excluding hydrogens is 316 g/mol. The molecule has 0 heterocycles. The van der Waals surface area contributed by atoms with Crippen molar-refractivity contribution >= 4 is 33.2 Å². The number of hydrogen-bond donors (Lipinski definition) is 1. The van der Waals surface area contributed by atoms with Gasteiger partial charge in [0.1, 0.15) is 6.04 Å². The fourth-order valence-electron chi connectivity index (χ4n) is 1.93. The quantitative estimate of drug-likeness (QED) is 0.920. The van der Waals surface area contributed by atoms with Crippen LogP contribution in [0.15, 0.2) is 59.1 Å². The molecule has 0 unspecified atom stereocenters. The van der Waals surface area contributed by atoms with E-state index >= 15 is 0 Å². The molecule has 20 heavy (non-hydrogen) atoms. The minimum atomic E-state index is -0.290. The first kappa shape index (κ1) is 14.6. The molecule has 0 aromatic heterocycles. The third-order valence-corrected chi connectivity index (χ3v) is 3.60. The molecule has 104 valence electrons. The molecule has 0 bridgehead atoms. The SMILES string of the molecule is C[C@H](Nc1ccc(Br)cc1)C(=O)N(C)c1ccccc1. The second kappa shape index (κ2) is 6.57. The number of halogens is 1. The molecule has 1 N–H and O–H groups in total. The van der Waals surface area contributed by atoms with Gasteiger partial charge < -0.3 is 10.2 Å². The highest BCUT2D eigenvalue weighted by molar-refractivity contribution is 9.10. The second-order valence-electron chi connectivity index (χ2n) is 4.61. The van der Waals surface area contributed by atoms with E-state index in [9.17, 15) is 4.79 Å². The van der Waals surface area contributed by atoms with Crippen LogP contribution in [-0.4, -0.2) is 19.0 Å². The van der Waals surface area contributed by atoms with Gasteiger partial charge in [-0.15, -0.1) is 0 Å². The van der Waals surface area contributed by atoms with E-state index in [1.807, 2.05) is 61.5 Å². The maximum Gasteiger partial charge on any atom is 0.248 e. The Morgan fingerprint density at radius 2 is 1.70 bits per heavy atom. The highest BCUT2D eigenvalue weighted by Crippen LogP contribution is 2.17. The van der Waals surface area contributed by atoms with E-state index in [1.165, 1.54) is 0 Å². The Morgan fingerprint density at radius 1 is 1.10 bits per heavy atom. The number of hydrogen-bond acceptors (Lipinski definition) is 2. The minimum Gasteiger partial charge on any atom is -0.374 e. The van der Waals surface area contributed by atoms with Crippen molar-refractivity contribution in [1.82, 2.24) is 0 Å². The Morgan fingerprint density at radius 3 is 2.30 bits per heavy atom. The van der Waals surface area contributed by atoms with Crippen molar-refractivity contribution in [2.45, 2.75) is 13.0 Å². The van der Waals surface area contributed by atoms with Crippen LogP contribution in [0.1, 0.15) is 6.92 Å². The summed E-state index contributed by atoms with van der Waals surface area (Å²) in [5.74, 6) is 0.0270. The van der Waals surface area contributed by atoms with Crippen LogP contribution in [0.25, 0.3) is 0 Å². The summed E-state index contributed by atoms with van der Waals surface area (Å²) in [5.41, 5.74) is 1.82. The summed E-state index contributed by atoms with van der Waals surface area (Å²) in [6.45, 7) is 1.86. The van der Waals surface area contributed by atoms with Crippen LogP contribution in [0.3, 0.4) is 0 Å². The highest BCUT2D eigenvalue weighted by Gasteiger charge is 2.18. The third kappa shape index (κ3) is 3.61. The number of para-hydroxylation sites is 1. The number of anilines is 2. The molecule has 0 fully saturated rings. The van der Waals surface area contributed by atoms with Crippen LogP contribution in [0.2, 0.25) is 0 Å². The molecule has 2 aromatic rings. The first-order chi connectivity index (χ1) is 9.58. The average molecular weight is 333 g/mol. The summed E-state index contributed by atoms with van der Waals surface area (Å²) in [5, 5.41) is 3.21. The Balaban J connectivity index is 2.03. The van der Waals surface area contributed by atoms with Crippen molar-refractivity contribution in [3.8, 4) is 0 Å². The monoisotopic (exact) mass is 332 g/mol. The van der Waals surface area contributed by atoms with Gasteiger partial charge in [0, 0.05) is 22.9 Å². The number of carbonyl (C=O) groups is 1. The van der Waals surface area contributed by atoms with E-state index in [1.54, 1.807) is 11.9 Å². The zero-order valence-electron chi connectivity index (χ0n) is 11.5. The van der Waals surface area contributed by atoms with Gasteiger partial charge in [-0.1, -0.05) is 34.1 Å². The molecule has 0 spiro atoms. The zero-order chi connectivity index (χ0) is 14.5. The van der Waals surface area contributed by atoms with E-state index in [2.05, 4.69) is 21.2 Å². The molecule has 0 aliphatic heterocycles. The van der Waals surface area contributed by atoms with E-state index < -0.39 is 0 Å². The lowest BCUT2D eigenvalue weighted by Crippen LogP contribution is -2.39. The van der Waals surface area contributed by atoms with Crippen molar-refractivity contribution in [2.75, 3.05) is 17.3 Å². The Labute approximate surface area is 127 Å². The Bertz CT molecular complexity index is 569. The van der Waals surface area contributed by atoms with Gasteiger partial charge in [0.2, 0.25) is 5.91 Å². The Hall–Kier alpha value is -1.81. The fourth-order valence-corrected chi connectivity index (χ4v) is 2.19. The van der Waals surface area contributed by atoms with Gasteiger partial charge in [-0.05, 0) is 43.3 Å². The second-order valence-corrected chi connectivity index (χ2v) is 5.52. The van der Waals surface area contributed by atoms with Gasteiger partial charge in [0.25, 0.3) is 0 Å². The summed E-state index contributed by atoms with van der Waals surface area (Å²) in [4.78, 5) is 14.0. The van der Waals surface area contributed by atoms with Gasteiger partial charge in [-0.25, -0.2) is 0 Å². The third-order valence-electron chi connectivity index (χ3n) is 3.07. The lowest BCUT2D eigenvalue weighted by Gasteiger charge is -2.22. The van der Waals surface area contributed by atoms with Crippen molar-refractivity contribution in [3.63, 3.8) is 0 Å². The van der Waals surface area contributed by atoms with Gasteiger partial charge in [-0.3, -0.25) is 4.79 Å². The van der Waals surface area contributed by atoms with Crippen molar-refractivity contribution in [3.05, 3.63) is 59.1 Å². The molecule has 0 saturated heterocycles.